The van der Waals surface area contributed by atoms with E-state index in [1.165, 1.54) is 5.56 Å². The summed E-state index contributed by atoms with van der Waals surface area (Å²) in [4.78, 5) is 17.1. The highest BCUT2D eigenvalue weighted by Crippen LogP contribution is 2.20. The average molecular weight is 250 g/mol. The van der Waals surface area contributed by atoms with Gasteiger partial charge < -0.3 is 10.0 Å². The fraction of sp³-hybridized carbons (Fsp3) is 0.571. The van der Waals surface area contributed by atoms with E-state index in [2.05, 4.69) is 9.88 Å². The fourth-order valence-electron chi connectivity index (χ4n) is 1.56. The highest BCUT2D eigenvalue weighted by Gasteiger charge is 2.26. The van der Waals surface area contributed by atoms with Crippen LogP contribution in [-0.2, 0) is 11.2 Å². The Morgan fingerprint density at radius 3 is 2.50 bits per heavy atom. The number of nitrogens with zero attached hydrogens (tertiary/aromatic N) is 2. The molecule has 0 aliphatic carbocycles. The highest BCUT2D eigenvalue weighted by atomic mass is 16.4. The van der Waals surface area contributed by atoms with Gasteiger partial charge >= 0.3 is 5.97 Å². The zero-order chi connectivity index (χ0) is 13.6. The third kappa shape index (κ3) is 4.84. The lowest BCUT2D eigenvalue weighted by Gasteiger charge is -2.23. The van der Waals surface area contributed by atoms with E-state index in [-0.39, 0.29) is 0 Å². The molecule has 4 heteroatoms. The molecule has 100 valence electrons. The van der Waals surface area contributed by atoms with Gasteiger partial charge in [-0.2, -0.15) is 0 Å². The molecule has 0 atom stereocenters. The number of hydrogen-bond acceptors (Lipinski definition) is 3. The van der Waals surface area contributed by atoms with Crippen molar-refractivity contribution in [1.82, 2.24) is 9.88 Å². The summed E-state index contributed by atoms with van der Waals surface area (Å²) in [6.07, 6.45) is 5.22. The Kier molecular flexibility index (Phi) is 5.28. The molecule has 0 radical (unpaired) electrons. The van der Waals surface area contributed by atoms with Crippen molar-refractivity contribution in [3.8, 4) is 0 Å². The van der Waals surface area contributed by atoms with Gasteiger partial charge in [-0.3, -0.25) is 9.78 Å². The minimum absolute atomic E-state index is 0.648. The second kappa shape index (κ2) is 6.50. The number of aliphatic carboxylic acids is 1. The zero-order valence-corrected chi connectivity index (χ0v) is 11.4. The van der Waals surface area contributed by atoms with Gasteiger partial charge in [0.2, 0.25) is 0 Å². The lowest BCUT2D eigenvalue weighted by Crippen LogP contribution is -2.31. The van der Waals surface area contributed by atoms with Crippen molar-refractivity contribution in [2.45, 2.75) is 26.7 Å². The maximum Gasteiger partial charge on any atom is 0.309 e. The monoisotopic (exact) mass is 250 g/mol. The Morgan fingerprint density at radius 1 is 1.33 bits per heavy atom. The van der Waals surface area contributed by atoms with Crippen LogP contribution in [0.5, 0.6) is 0 Å². The molecule has 4 nitrogen and oxygen atoms in total. The molecule has 0 unspecified atom stereocenters. The predicted molar refractivity (Wildman–Crippen MR) is 71.5 cm³/mol. The van der Waals surface area contributed by atoms with Gasteiger partial charge in [-0.15, -0.1) is 0 Å². The van der Waals surface area contributed by atoms with Gasteiger partial charge in [-0.05, 0) is 58.0 Å². The SMILES string of the molecule is CN(CCc1ccncc1)CCC(C)(C)C(=O)O. The minimum atomic E-state index is -0.731. The van der Waals surface area contributed by atoms with E-state index in [0.29, 0.717) is 6.42 Å². The molecule has 0 aromatic carbocycles. The van der Waals surface area contributed by atoms with E-state index in [0.717, 1.165) is 19.5 Å². The van der Waals surface area contributed by atoms with Crippen molar-refractivity contribution in [3.05, 3.63) is 30.1 Å². The average Bonchev–Trinajstić information content (AvgIpc) is 2.35. The first-order valence-electron chi connectivity index (χ1n) is 6.22. The first kappa shape index (κ1) is 14.6. The quantitative estimate of drug-likeness (QED) is 0.804. The van der Waals surface area contributed by atoms with E-state index in [1.807, 2.05) is 19.2 Å². The molecule has 1 heterocycles. The first-order valence-corrected chi connectivity index (χ1v) is 6.22. The lowest BCUT2D eigenvalue weighted by molar-refractivity contribution is -0.147. The molecule has 0 spiro atoms. The Morgan fingerprint density at radius 2 is 1.94 bits per heavy atom. The van der Waals surface area contributed by atoms with Crippen LogP contribution in [0.2, 0.25) is 0 Å². The third-order valence-electron chi connectivity index (χ3n) is 3.23. The summed E-state index contributed by atoms with van der Waals surface area (Å²) in [6.45, 7) is 5.27. The summed E-state index contributed by atoms with van der Waals surface area (Å²) in [5, 5.41) is 9.04. The third-order valence-corrected chi connectivity index (χ3v) is 3.23. The standard InChI is InChI=1S/C14H22N2O2/c1-14(2,13(17)18)7-11-16(3)10-6-12-4-8-15-9-5-12/h4-5,8-9H,6-7,10-11H2,1-3H3,(H,17,18). The van der Waals surface area contributed by atoms with Crippen LogP contribution in [0.3, 0.4) is 0 Å². The number of rotatable bonds is 7. The van der Waals surface area contributed by atoms with Crippen LogP contribution in [0.1, 0.15) is 25.8 Å². The van der Waals surface area contributed by atoms with E-state index < -0.39 is 11.4 Å². The van der Waals surface area contributed by atoms with Crippen molar-refractivity contribution in [2.75, 3.05) is 20.1 Å². The van der Waals surface area contributed by atoms with Crippen molar-refractivity contribution in [2.24, 2.45) is 5.41 Å². The number of carboxylic acid groups (broad SMARTS) is 1. The van der Waals surface area contributed by atoms with Crippen LogP contribution in [0, 0.1) is 5.41 Å². The Balaban J connectivity index is 2.30. The first-order chi connectivity index (χ1) is 8.42. The van der Waals surface area contributed by atoms with Crippen LogP contribution in [0.25, 0.3) is 0 Å². The lowest BCUT2D eigenvalue weighted by atomic mass is 9.89. The largest absolute Gasteiger partial charge is 0.481 e. The van der Waals surface area contributed by atoms with Gasteiger partial charge in [-0.25, -0.2) is 0 Å². The highest BCUT2D eigenvalue weighted by molar-refractivity contribution is 5.73. The molecular formula is C14H22N2O2. The summed E-state index contributed by atoms with van der Waals surface area (Å²) in [5.41, 5.74) is 0.611. The zero-order valence-electron chi connectivity index (χ0n) is 11.4. The predicted octanol–water partition coefficient (Wildman–Crippen LogP) is 2.06. The number of carbonyl (C=O) groups is 1. The van der Waals surface area contributed by atoms with Gasteiger partial charge in [0.25, 0.3) is 0 Å². The smallest absolute Gasteiger partial charge is 0.309 e. The van der Waals surface area contributed by atoms with Crippen molar-refractivity contribution < 1.29 is 9.90 Å². The summed E-state index contributed by atoms with van der Waals surface area (Å²) in [7, 11) is 2.03. The Bertz CT molecular complexity index is 377. The molecule has 0 amide bonds. The van der Waals surface area contributed by atoms with Crippen molar-refractivity contribution in [1.29, 1.82) is 0 Å². The topological polar surface area (TPSA) is 53.4 Å². The minimum Gasteiger partial charge on any atom is -0.481 e. The fourth-order valence-corrected chi connectivity index (χ4v) is 1.56. The van der Waals surface area contributed by atoms with E-state index >= 15 is 0 Å². The van der Waals surface area contributed by atoms with Gasteiger partial charge in [0, 0.05) is 18.9 Å². The molecule has 1 N–H and O–H groups in total. The number of likely N-dealkylation sites (N-methyl/N-ethyl adjacent to an activating group) is 1. The molecule has 0 saturated heterocycles. The van der Waals surface area contributed by atoms with Crippen LogP contribution in [0.15, 0.2) is 24.5 Å². The van der Waals surface area contributed by atoms with Crippen LogP contribution in [-0.4, -0.2) is 41.1 Å². The molecule has 0 saturated carbocycles. The summed E-state index contributed by atoms with van der Waals surface area (Å²) in [5.74, 6) is -0.731. The molecule has 1 rings (SSSR count). The van der Waals surface area contributed by atoms with Gasteiger partial charge in [-0.1, -0.05) is 0 Å². The van der Waals surface area contributed by atoms with Crippen molar-refractivity contribution in [3.63, 3.8) is 0 Å². The molecule has 0 fully saturated rings. The molecule has 0 aliphatic rings. The Hall–Kier alpha value is -1.42. The van der Waals surface area contributed by atoms with Gasteiger partial charge in [0.1, 0.15) is 0 Å². The van der Waals surface area contributed by atoms with Crippen LogP contribution in [0.4, 0.5) is 0 Å². The molecule has 1 aromatic rings. The van der Waals surface area contributed by atoms with Crippen molar-refractivity contribution >= 4 is 5.97 Å². The normalized spacial score (nSPS) is 11.8. The molecule has 0 bridgehead atoms. The van der Waals surface area contributed by atoms with E-state index in [1.54, 1.807) is 26.2 Å². The number of aromatic nitrogens is 1. The molecule has 1 aromatic heterocycles. The van der Waals surface area contributed by atoms with Gasteiger partial charge in [0.15, 0.2) is 0 Å². The molecule has 18 heavy (non-hydrogen) atoms. The van der Waals surface area contributed by atoms with Crippen LogP contribution >= 0.6 is 0 Å². The maximum absolute atomic E-state index is 11.0. The maximum atomic E-state index is 11.0. The summed E-state index contributed by atoms with van der Waals surface area (Å²) in [6, 6.07) is 4.02. The van der Waals surface area contributed by atoms with Gasteiger partial charge in [0.05, 0.1) is 5.41 Å². The Labute approximate surface area is 109 Å². The number of pyridine rings is 1. The number of carboxylic acids is 1. The summed E-state index contributed by atoms with van der Waals surface area (Å²) >= 11 is 0. The molecular weight excluding hydrogens is 228 g/mol. The summed E-state index contributed by atoms with van der Waals surface area (Å²) < 4.78 is 0. The second-order valence-corrected chi connectivity index (χ2v) is 5.35. The van der Waals surface area contributed by atoms with E-state index in [4.69, 9.17) is 5.11 Å². The van der Waals surface area contributed by atoms with Crippen LogP contribution < -0.4 is 0 Å². The second-order valence-electron chi connectivity index (χ2n) is 5.35. The van der Waals surface area contributed by atoms with E-state index in [9.17, 15) is 4.79 Å². The number of hydrogen-bond donors (Lipinski definition) is 1. The molecule has 0 aliphatic heterocycles.